The smallest absolute Gasteiger partial charge is 0.338 e. The molecule has 1 aliphatic heterocycles. The molecular formula is C27H25N3O9. The van der Waals surface area contributed by atoms with Crippen LogP contribution in [0.2, 0.25) is 0 Å². The molecule has 12 heteroatoms. The number of phenolic OH excluding ortho intramolecular Hbond substituents is 3. The van der Waals surface area contributed by atoms with Gasteiger partial charge in [-0.25, -0.2) is 4.79 Å². The molecule has 3 aromatic rings. The predicted octanol–water partition coefficient (Wildman–Crippen LogP) is 1.46. The molecule has 1 aliphatic rings. The third-order valence-corrected chi connectivity index (χ3v) is 6.02. The zero-order chi connectivity index (χ0) is 28.1. The first-order valence-corrected chi connectivity index (χ1v) is 11.8. The number of nitrogens with one attached hydrogen (secondary N) is 2. The van der Waals surface area contributed by atoms with Crippen LogP contribution in [0.3, 0.4) is 0 Å². The van der Waals surface area contributed by atoms with Crippen molar-refractivity contribution in [1.29, 1.82) is 0 Å². The third-order valence-electron chi connectivity index (χ3n) is 6.02. The van der Waals surface area contributed by atoms with Crippen LogP contribution in [0, 0.1) is 0 Å². The van der Waals surface area contributed by atoms with Crippen molar-refractivity contribution < 1.29 is 44.3 Å². The number of ether oxygens (including phenoxy) is 1. The molecule has 6 N–H and O–H groups in total. The second-order valence-electron chi connectivity index (χ2n) is 8.74. The van der Waals surface area contributed by atoms with Gasteiger partial charge in [-0.1, -0.05) is 18.2 Å². The number of esters is 1. The van der Waals surface area contributed by atoms with Crippen molar-refractivity contribution >= 4 is 29.4 Å². The van der Waals surface area contributed by atoms with Gasteiger partial charge in [-0.2, -0.15) is 0 Å². The van der Waals surface area contributed by atoms with Gasteiger partial charge in [-0.05, 0) is 48.5 Å². The predicted molar refractivity (Wildman–Crippen MR) is 137 cm³/mol. The lowest BCUT2D eigenvalue weighted by molar-refractivity contribution is -0.135. The minimum absolute atomic E-state index is 0.00905. The highest BCUT2D eigenvalue weighted by Crippen LogP contribution is 2.32. The van der Waals surface area contributed by atoms with Crippen LogP contribution in [-0.4, -0.2) is 76.0 Å². The number of carbonyl (C=O) groups excluding carboxylic acids is 3. The minimum atomic E-state index is -1.32. The van der Waals surface area contributed by atoms with Gasteiger partial charge in [-0.15, -0.1) is 0 Å². The third kappa shape index (κ3) is 6.25. The number of hydrogen-bond donors (Lipinski definition) is 6. The molecule has 202 valence electrons. The maximum atomic E-state index is 13.1. The number of hydrogen-bond acceptors (Lipinski definition) is 9. The lowest BCUT2D eigenvalue weighted by Gasteiger charge is -2.22. The van der Waals surface area contributed by atoms with Gasteiger partial charge in [0.1, 0.15) is 35.5 Å². The molecule has 1 heterocycles. The van der Waals surface area contributed by atoms with E-state index in [0.29, 0.717) is 12.1 Å². The van der Waals surface area contributed by atoms with Gasteiger partial charge in [0.2, 0.25) is 0 Å². The Kier molecular flexibility index (Phi) is 7.96. The molecule has 0 bridgehead atoms. The van der Waals surface area contributed by atoms with E-state index < -0.39 is 59.5 Å². The van der Waals surface area contributed by atoms with Gasteiger partial charge >= 0.3 is 11.9 Å². The summed E-state index contributed by atoms with van der Waals surface area (Å²) in [4.78, 5) is 50.7. The van der Waals surface area contributed by atoms with Crippen LogP contribution in [0.25, 0.3) is 0 Å². The number of rotatable bonds is 8. The number of carboxylic acids is 1. The number of carboxylic acid groups (broad SMARTS) is 1. The molecule has 1 saturated heterocycles. The Morgan fingerprint density at radius 2 is 1.54 bits per heavy atom. The van der Waals surface area contributed by atoms with Crippen LogP contribution < -0.4 is 15.5 Å². The van der Waals surface area contributed by atoms with Crippen LogP contribution in [-0.2, 0) is 9.53 Å². The topological polar surface area (TPSA) is 186 Å². The molecule has 0 saturated carbocycles. The summed E-state index contributed by atoms with van der Waals surface area (Å²) in [6.45, 7) is -0.204. The van der Waals surface area contributed by atoms with E-state index in [1.54, 1.807) is 18.2 Å². The highest BCUT2D eigenvalue weighted by molar-refractivity contribution is 6.12. The number of nitrogens with zero attached hydrogens (tertiary/aromatic N) is 1. The van der Waals surface area contributed by atoms with Crippen LogP contribution in [0.4, 0.5) is 5.69 Å². The van der Waals surface area contributed by atoms with Crippen molar-refractivity contribution in [3.8, 4) is 17.2 Å². The Morgan fingerprint density at radius 1 is 0.897 bits per heavy atom. The molecule has 2 unspecified atom stereocenters. The number of aromatic hydroxyl groups is 3. The van der Waals surface area contributed by atoms with E-state index in [-0.39, 0.29) is 23.5 Å². The van der Waals surface area contributed by atoms with Crippen molar-refractivity contribution in [3.63, 3.8) is 0 Å². The van der Waals surface area contributed by atoms with E-state index in [1.165, 1.54) is 36.4 Å². The number of benzene rings is 3. The van der Waals surface area contributed by atoms with Crippen molar-refractivity contribution in [3.05, 3.63) is 83.4 Å². The van der Waals surface area contributed by atoms with Crippen LogP contribution in [0.1, 0.15) is 31.1 Å². The van der Waals surface area contributed by atoms with Gasteiger partial charge in [0, 0.05) is 24.3 Å². The Balaban J connectivity index is 1.49. The Hall–Kier alpha value is -5.10. The molecule has 0 radical (unpaired) electrons. The normalized spacial score (nSPS) is 16.3. The summed E-state index contributed by atoms with van der Waals surface area (Å²) >= 11 is 0. The molecule has 1 fully saturated rings. The standard InChI is InChI=1S/C27H25N3O9/c31-18-8-6-15(7-9-18)25(36)29-19-12-28-13-22(19)39-27(38)16-10-20(32)24(21(33)11-16)26(37)30(14-23(34)35)17-4-2-1-3-5-17/h1-11,19,22,28,31-33H,12-14H2,(H,29,36)(H,34,35). The Morgan fingerprint density at radius 3 is 2.15 bits per heavy atom. The summed E-state index contributed by atoms with van der Waals surface area (Å²) in [5.74, 6) is -5.16. The maximum absolute atomic E-state index is 13.1. The molecule has 4 rings (SSSR count). The number of para-hydroxylation sites is 1. The second-order valence-corrected chi connectivity index (χ2v) is 8.74. The zero-order valence-corrected chi connectivity index (χ0v) is 20.4. The van der Waals surface area contributed by atoms with Gasteiger partial charge < -0.3 is 35.8 Å². The first-order valence-electron chi connectivity index (χ1n) is 11.8. The fourth-order valence-electron chi connectivity index (χ4n) is 4.10. The lowest BCUT2D eigenvalue weighted by atomic mass is 10.1. The number of anilines is 1. The largest absolute Gasteiger partial charge is 0.508 e. The molecule has 2 amide bonds. The van der Waals surface area contributed by atoms with Gasteiger partial charge in [0.25, 0.3) is 11.8 Å². The number of amides is 2. The fraction of sp³-hybridized carbons (Fsp3) is 0.185. The monoisotopic (exact) mass is 535 g/mol. The fourth-order valence-corrected chi connectivity index (χ4v) is 4.10. The summed E-state index contributed by atoms with van der Waals surface area (Å²) in [7, 11) is 0. The molecule has 0 aromatic heterocycles. The quantitative estimate of drug-likeness (QED) is 0.231. The van der Waals surface area contributed by atoms with E-state index in [2.05, 4.69) is 10.6 Å². The summed E-state index contributed by atoms with van der Waals surface area (Å²) in [6, 6.07) is 14.7. The minimum Gasteiger partial charge on any atom is -0.508 e. The molecule has 12 nitrogen and oxygen atoms in total. The highest BCUT2D eigenvalue weighted by atomic mass is 16.5. The van der Waals surface area contributed by atoms with Crippen molar-refractivity contribution in [1.82, 2.24) is 10.6 Å². The molecule has 2 atom stereocenters. The highest BCUT2D eigenvalue weighted by Gasteiger charge is 2.33. The van der Waals surface area contributed by atoms with E-state index in [1.807, 2.05) is 0 Å². The SMILES string of the molecule is O=C(O)CN(C(=O)c1c(O)cc(C(=O)OC2CNCC2NC(=O)c2ccc(O)cc2)cc1O)c1ccccc1. The number of aliphatic carboxylic acids is 1. The number of carbonyl (C=O) groups is 4. The van der Waals surface area contributed by atoms with Crippen molar-refractivity contribution in [2.24, 2.45) is 0 Å². The first-order chi connectivity index (χ1) is 18.6. The van der Waals surface area contributed by atoms with E-state index in [9.17, 15) is 39.6 Å². The van der Waals surface area contributed by atoms with Crippen LogP contribution in [0.15, 0.2) is 66.7 Å². The van der Waals surface area contributed by atoms with Crippen LogP contribution >= 0.6 is 0 Å². The van der Waals surface area contributed by atoms with Crippen molar-refractivity contribution in [2.45, 2.75) is 12.1 Å². The van der Waals surface area contributed by atoms with E-state index >= 15 is 0 Å². The molecule has 0 spiro atoms. The molecule has 0 aliphatic carbocycles. The van der Waals surface area contributed by atoms with Gasteiger partial charge in [-0.3, -0.25) is 19.3 Å². The molecule has 39 heavy (non-hydrogen) atoms. The lowest BCUT2D eigenvalue weighted by Crippen LogP contribution is -2.44. The van der Waals surface area contributed by atoms with Crippen molar-refractivity contribution in [2.75, 3.05) is 24.5 Å². The van der Waals surface area contributed by atoms with Crippen LogP contribution in [0.5, 0.6) is 17.2 Å². The molecule has 3 aromatic carbocycles. The second kappa shape index (κ2) is 11.5. The van der Waals surface area contributed by atoms with E-state index in [4.69, 9.17) is 4.74 Å². The zero-order valence-electron chi connectivity index (χ0n) is 20.4. The Labute approximate surface area is 222 Å². The molecular weight excluding hydrogens is 510 g/mol. The maximum Gasteiger partial charge on any atom is 0.338 e. The average molecular weight is 536 g/mol. The first kappa shape index (κ1) is 26.9. The summed E-state index contributed by atoms with van der Waals surface area (Å²) in [5.41, 5.74) is -0.326. The average Bonchev–Trinajstić information content (AvgIpc) is 3.33. The summed E-state index contributed by atoms with van der Waals surface area (Å²) in [6.07, 6.45) is -0.784. The summed E-state index contributed by atoms with van der Waals surface area (Å²) in [5, 5.41) is 45.5. The Bertz CT molecular complexity index is 1370. The van der Waals surface area contributed by atoms with E-state index in [0.717, 1.165) is 17.0 Å². The number of phenols is 3. The van der Waals surface area contributed by atoms with Gasteiger partial charge in [0.15, 0.2) is 0 Å². The summed E-state index contributed by atoms with van der Waals surface area (Å²) < 4.78 is 5.49. The van der Waals surface area contributed by atoms with Gasteiger partial charge in [0.05, 0.1) is 11.6 Å².